The molecule has 5 heteroatoms. The van der Waals surface area contributed by atoms with E-state index in [0.29, 0.717) is 17.2 Å². The third-order valence-electron chi connectivity index (χ3n) is 3.92. The van der Waals surface area contributed by atoms with E-state index in [-0.39, 0.29) is 17.8 Å². The van der Waals surface area contributed by atoms with Gasteiger partial charge in [-0.25, -0.2) is 4.79 Å². The molecule has 120 valence electrons. The lowest BCUT2D eigenvalue weighted by Gasteiger charge is -2.17. The smallest absolute Gasteiger partial charge is 0.341 e. The van der Waals surface area contributed by atoms with Gasteiger partial charge in [-0.2, -0.15) is 0 Å². The molecule has 1 amide bonds. The summed E-state index contributed by atoms with van der Waals surface area (Å²) in [4.78, 5) is 25.7. The summed E-state index contributed by atoms with van der Waals surface area (Å²) < 4.78 is 5.16. The van der Waals surface area contributed by atoms with Crippen molar-refractivity contribution < 1.29 is 14.3 Å². The van der Waals surface area contributed by atoms with Crippen LogP contribution < -0.4 is 5.32 Å². The van der Waals surface area contributed by atoms with Gasteiger partial charge in [0.2, 0.25) is 5.91 Å². The molecule has 0 aliphatic heterocycles. The number of allylic oxidation sites excluding steroid dienone is 2. The monoisotopic (exact) mass is 321 g/mol. The molecule has 0 aromatic carbocycles. The Bertz CT molecular complexity index is 589. The zero-order valence-corrected chi connectivity index (χ0v) is 14.2. The minimum atomic E-state index is -0.345. The summed E-state index contributed by atoms with van der Waals surface area (Å²) in [7, 11) is 0. The summed E-state index contributed by atoms with van der Waals surface area (Å²) in [5.74, 6) is -0.353. The molecule has 1 aromatic heterocycles. The number of aryl methyl sites for hydroxylation is 1. The number of anilines is 1. The van der Waals surface area contributed by atoms with Crippen LogP contribution in [0.2, 0.25) is 0 Å². The molecule has 1 aliphatic carbocycles. The second-order valence-electron chi connectivity index (χ2n) is 5.39. The molecular weight excluding hydrogens is 298 g/mol. The first-order valence-electron chi connectivity index (χ1n) is 7.83. The van der Waals surface area contributed by atoms with E-state index in [2.05, 4.69) is 17.5 Å². The van der Waals surface area contributed by atoms with Gasteiger partial charge >= 0.3 is 5.97 Å². The van der Waals surface area contributed by atoms with Gasteiger partial charge in [-0.3, -0.25) is 4.79 Å². The fourth-order valence-corrected chi connectivity index (χ4v) is 3.89. The summed E-state index contributed by atoms with van der Waals surface area (Å²) >= 11 is 1.46. The highest BCUT2D eigenvalue weighted by Crippen LogP contribution is 2.35. The highest BCUT2D eigenvalue weighted by molar-refractivity contribution is 7.16. The van der Waals surface area contributed by atoms with Crippen molar-refractivity contribution in [2.45, 2.75) is 46.5 Å². The summed E-state index contributed by atoms with van der Waals surface area (Å²) in [6.07, 6.45) is 7.48. The zero-order valence-electron chi connectivity index (χ0n) is 13.4. The van der Waals surface area contributed by atoms with Crippen molar-refractivity contribution in [1.29, 1.82) is 0 Å². The molecule has 0 bridgehead atoms. The van der Waals surface area contributed by atoms with Gasteiger partial charge in [0, 0.05) is 10.8 Å². The van der Waals surface area contributed by atoms with E-state index in [1.807, 2.05) is 13.8 Å². The van der Waals surface area contributed by atoms with Crippen molar-refractivity contribution in [1.82, 2.24) is 0 Å². The van der Waals surface area contributed by atoms with E-state index in [4.69, 9.17) is 4.74 Å². The van der Waals surface area contributed by atoms with E-state index >= 15 is 0 Å². The van der Waals surface area contributed by atoms with Gasteiger partial charge in [0.1, 0.15) is 5.00 Å². The molecule has 0 saturated carbocycles. The van der Waals surface area contributed by atoms with Gasteiger partial charge in [-0.05, 0) is 45.1 Å². The minimum Gasteiger partial charge on any atom is -0.462 e. The Hall–Kier alpha value is -1.62. The van der Waals surface area contributed by atoms with Gasteiger partial charge in [0.05, 0.1) is 12.2 Å². The van der Waals surface area contributed by atoms with Crippen molar-refractivity contribution >= 4 is 28.2 Å². The average Bonchev–Trinajstić information content (AvgIpc) is 2.83. The maximum atomic E-state index is 12.4. The molecule has 1 atom stereocenters. The second kappa shape index (κ2) is 7.58. The number of nitrogens with one attached hydrogen (secondary N) is 1. The number of thiophene rings is 1. The van der Waals surface area contributed by atoms with Crippen LogP contribution in [0.3, 0.4) is 0 Å². The molecule has 0 fully saturated rings. The molecule has 1 unspecified atom stereocenters. The summed E-state index contributed by atoms with van der Waals surface area (Å²) in [5.41, 5.74) is 1.51. The van der Waals surface area contributed by atoms with Crippen molar-refractivity contribution in [3.63, 3.8) is 0 Å². The van der Waals surface area contributed by atoms with Crippen LogP contribution in [0.15, 0.2) is 12.2 Å². The van der Waals surface area contributed by atoms with Crippen LogP contribution in [0.4, 0.5) is 5.00 Å². The Labute approximate surface area is 135 Å². The Morgan fingerprint density at radius 3 is 2.73 bits per heavy atom. The van der Waals surface area contributed by atoms with Crippen LogP contribution in [0, 0.1) is 12.8 Å². The fraction of sp³-hybridized carbons (Fsp3) is 0.529. The van der Waals surface area contributed by atoms with Crippen molar-refractivity contribution in [2.24, 2.45) is 5.92 Å². The van der Waals surface area contributed by atoms with Crippen LogP contribution in [-0.4, -0.2) is 18.5 Å². The third kappa shape index (κ3) is 3.58. The maximum absolute atomic E-state index is 12.4. The number of amides is 1. The lowest BCUT2D eigenvalue weighted by atomic mass is 9.93. The molecule has 22 heavy (non-hydrogen) atoms. The van der Waals surface area contributed by atoms with Gasteiger partial charge in [0.15, 0.2) is 0 Å². The lowest BCUT2D eigenvalue weighted by Crippen LogP contribution is -2.24. The second-order valence-corrected chi connectivity index (χ2v) is 6.61. The summed E-state index contributed by atoms with van der Waals surface area (Å²) in [5, 5.41) is 3.59. The first kappa shape index (κ1) is 16.7. The van der Waals surface area contributed by atoms with E-state index < -0.39 is 0 Å². The largest absolute Gasteiger partial charge is 0.462 e. The summed E-state index contributed by atoms with van der Waals surface area (Å²) in [6, 6.07) is 0. The topological polar surface area (TPSA) is 55.4 Å². The molecule has 0 spiro atoms. The van der Waals surface area contributed by atoms with Crippen molar-refractivity contribution in [3.8, 4) is 0 Å². The van der Waals surface area contributed by atoms with Gasteiger partial charge in [-0.1, -0.05) is 19.1 Å². The van der Waals surface area contributed by atoms with Gasteiger partial charge in [0.25, 0.3) is 0 Å². The van der Waals surface area contributed by atoms with Crippen LogP contribution in [0.1, 0.15) is 53.9 Å². The molecule has 4 nitrogen and oxygen atoms in total. The predicted octanol–water partition coefficient (Wildman–Crippen LogP) is 4.09. The Kier molecular flexibility index (Phi) is 5.77. The maximum Gasteiger partial charge on any atom is 0.341 e. The number of carbonyl (C=O) groups excluding carboxylic acids is 2. The molecule has 1 aliphatic rings. The SMILES string of the molecule is CCOC(=O)c1c(NC(=O)C2CC=CCC2)sc(C)c1CC. The Morgan fingerprint density at radius 1 is 1.36 bits per heavy atom. The van der Waals surface area contributed by atoms with E-state index in [0.717, 1.165) is 36.1 Å². The molecule has 0 radical (unpaired) electrons. The van der Waals surface area contributed by atoms with Gasteiger partial charge in [-0.15, -0.1) is 11.3 Å². The zero-order chi connectivity index (χ0) is 16.1. The number of esters is 1. The summed E-state index contributed by atoms with van der Waals surface area (Å²) in [6.45, 7) is 6.10. The average molecular weight is 321 g/mol. The van der Waals surface area contributed by atoms with Crippen LogP contribution >= 0.6 is 11.3 Å². The van der Waals surface area contributed by atoms with Crippen LogP contribution in [0.5, 0.6) is 0 Å². The number of ether oxygens (including phenoxy) is 1. The molecule has 2 rings (SSSR count). The minimum absolute atomic E-state index is 0.00111. The highest BCUT2D eigenvalue weighted by atomic mass is 32.1. The Balaban J connectivity index is 2.24. The number of rotatable bonds is 5. The standard InChI is InChI=1S/C17H23NO3S/c1-4-13-11(3)22-16(14(13)17(20)21-5-2)18-15(19)12-9-7-6-8-10-12/h6-7,12H,4-5,8-10H2,1-3H3,(H,18,19). The molecule has 0 saturated heterocycles. The normalized spacial score (nSPS) is 17.3. The highest BCUT2D eigenvalue weighted by Gasteiger charge is 2.26. The van der Waals surface area contributed by atoms with Gasteiger partial charge < -0.3 is 10.1 Å². The quantitative estimate of drug-likeness (QED) is 0.656. The third-order valence-corrected chi connectivity index (χ3v) is 4.98. The fourth-order valence-electron chi connectivity index (χ4n) is 2.76. The number of hydrogen-bond acceptors (Lipinski definition) is 4. The predicted molar refractivity (Wildman–Crippen MR) is 89.5 cm³/mol. The van der Waals surface area contributed by atoms with Crippen molar-refractivity contribution in [2.75, 3.05) is 11.9 Å². The van der Waals surface area contributed by atoms with Crippen LogP contribution in [0.25, 0.3) is 0 Å². The molecule has 1 N–H and O–H groups in total. The van der Waals surface area contributed by atoms with Crippen molar-refractivity contribution in [3.05, 3.63) is 28.2 Å². The lowest BCUT2D eigenvalue weighted by molar-refractivity contribution is -0.120. The van der Waals surface area contributed by atoms with E-state index in [9.17, 15) is 9.59 Å². The van der Waals surface area contributed by atoms with Crippen LogP contribution in [-0.2, 0) is 16.0 Å². The Morgan fingerprint density at radius 2 is 2.14 bits per heavy atom. The number of carbonyl (C=O) groups is 2. The molecule has 1 aromatic rings. The molecule has 1 heterocycles. The van der Waals surface area contributed by atoms with E-state index in [1.165, 1.54) is 11.3 Å². The first-order chi connectivity index (χ1) is 10.6. The number of hydrogen-bond donors (Lipinski definition) is 1. The first-order valence-corrected chi connectivity index (χ1v) is 8.65. The molecular formula is C17H23NO3S. The van der Waals surface area contributed by atoms with E-state index in [1.54, 1.807) is 6.92 Å².